The molecule has 1 fully saturated rings. The van der Waals surface area contributed by atoms with Gasteiger partial charge >= 0.3 is 5.97 Å². The molecule has 0 unspecified atom stereocenters. The number of imidazole rings is 1. The van der Waals surface area contributed by atoms with Crippen molar-refractivity contribution in [2.45, 2.75) is 19.4 Å². The summed E-state index contributed by atoms with van der Waals surface area (Å²) in [5.74, 6) is 0.797. The molecule has 31 heavy (non-hydrogen) atoms. The van der Waals surface area contributed by atoms with Gasteiger partial charge in [0, 0.05) is 19.0 Å². The zero-order valence-electron chi connectivity index (χ0n) is 17.4. The van der Waals surface area contributed by atoms with Crippen molar-refractivity contribution < 1.29 is 18.7 Å². The molecule has 0 N–H and O–H groups in total. The van der Waals surface area contributed by atoms with Crippen LogP contribution in [0.2, 0.25) is 5.02 Å². The molecular formula is C23H21ClFN3O3. The molecule has 2 heterocycles. The van der Waals surface area contributed by atoms with Gasteiger partial charge in [-0.15, -0.1) is 0 Å². The number of carbonyl (C=O) groups excluding carboxylic acids is 1. The molecule has 2 aromatic carbocycles. The van der Waals surface area contributed by atoms with Crippen molar-refractivity contribution in [3.05, 3.63) is 46.7 Å². The summed E-state index contributed by atoms with van der Waals surface area (Å²) in [7, 11) is 4.76. The third-order valence-corrected chi connectivity index (χ3v) is 6.19. The van der Waals surface area contributed by atoms with Gasteiger partial charge in [0.15, 0.2) is 11.6 Å². The van der Waals surface area contributed by atoms with Crippen LogP contribution in [0.3, 0.4) is 0 Å². The quantitative estimate of drug-likeness (QED) is 0.400. The van der Waals surface area contributed by atoms with E-state index in [-0.39, 0.29) is 5.02 Å². The third-order valence-electron chi connectivity index (χ3n) is 5.90. The predicted molar refractivity (Wildman–Crippen MR) is 117 cm³/mol. The largest absolute Gasteiger partial charge is 0.494 e. The van der Waals surface area contributed by atoms with Crippen molar-refractivity contribution in [1.29, 1.82) is 0 Å². The molecule has 0 bridgehead atoms. The zero-order valence-corrected chi connectivity index (χ0v) is 18.2. The molecular weight excluding hydrogens is 421 g/mol. The Labute approximate surface area is 183 Å². The average molecular weight is 442 g/mol. The van der Waals surface area contributed by atoms with Gasteiger partial charge in [-0.2, -0.15) is 0 Å². The summed E-state index contributed by atoms with van der Waals surface area (Å²) in [6.45, 7) is 0.698. The summed E-state index contributed by atoms with van der Waals surface area (Å²) < 4.78 is 29.3. The number of hydrogen-bond donors (Lipinski definition) is 0. The minimum Gasteiger partial charge on any atom is -0.494 e. The van der Waals surface area contributed by atoms with Crippen molar-refractivity contribution in [3.63, 3.8) is 0 Å². The molecule has 0 aliphatic heterocycles. The molecule has 1 aliphatic carbocycles. The van der Waals surface area contributed by atoms with Gasteiger partial charge in [-0.1, -0.05) is 17.7 Å². The molecule has 1 saturated carbocycles. The molecule has 5 rings (SSSR count). The van der Waals surface area contributed by atoms with E-state index >= 15 is 4.39 Å². The predicted octanol–water partition coefficient (Wildman–Crippen LogP) is 5.19. The van der Waals surface area contributed by atoms with Crippen LogP contribution < -0.4 is 4.74 Å². The van der Waals surface area contributed by atoms with Crippen LogP contribution in [-0.4, -0.2) is 34.3 Å². The van der Waals surface area contributed by atoms with Gasteiger partial charge in [-0.3, -0.25) is 0 Å². The fourth-order valence-electron chi connectivity index (χ4n) is 4.16. The second-order valence-electron chi connectivity index (χ2n) is 7.92. The smallest absolute Gasteiger partial charge is 0.338 e. The lowest BCUT2D eigenvalue weighted by Gasteiger charge is -2.11. The Morgan fingerprint density at radius 1 is 1.23 bits per heavy atom. The van der Waals surface area contributed by atoms with E-state index in [9.17, 15) is 4.79 Å². The van der Waals surface area contributed by atoms with Crippen LogP contribution in [0, 0.1) is 11.7 Å². The number of ether oxygens (including phenoxy) is 2. The van der Waals surface area contributed by atoms with Gasteiger partial charge in [0.1, 0.15) is 11.3 Å². The molecule has 160 valence electrons. The van der Waals surface area contributed by atoms with Gasteiger partial charge in [-0.05, 0) is 43.0 Å². The Balaban J connectivity index is 1.78. The molecule has 4 aromatic rings. The van der Waals surface area contributed by atoms with E-state index in [1.807, 2.05) is 28.3 Å². The van der Waals surface area contributed by atoms with Crippen LogP contribution in [-0.2, 0) is 18.3 Å². The SMILES string of the molecule is COC(=O)c1cc(OC)c2c(c1)nc(-c1cc3ccc(Cl)c(F)c3n1CC1CC1)n2C. The highest BCUT2D eigenvalue weighted by Gasteiger charge is 2.27. The summed E-state index contributed by atoms with van der Waals surface area (Å²) in [6, 6.07) is 8.65. The lowest BCUT2D eigenvalue weighted by molar-refractivity contribution is 0.0600. The number of methoxy groups -OCH3 is 2. The molecule has 0 saturated heterocycles. The van der Waals surface area contributed by atoms with Gasteiger partial charge < -0.3 is 18.6 Å². The minimum absolute atomic E-state index is 0.101. The van der Waals surface area contributed by atoms with E-state index in [4.69, 9.17) is 26.1 Å². The standard InChI is InChI=1S/C23H21ClFN3O3/c1-27-21-16(8-14(23(29)31-3)10-18(21)30-2)26-22(27)17-9-13-6-7-15(24)19(25)20(13)28(17)11-12-4-5-12/h6-10,12H,4-5,11H2,1-3H3. The third kappa shape index (κ3) is 3.15. The highest BCUT2D eigenvalue weighted by Crippen LogP contribution is 2.39. The molecule has 8 heteroatoms. The number of esters is 1. The van der Waals surface area contributed by atoms with Gasteiger partial charge in [-0.25, -0.2) is 14.2 Å². The van der Waals surface area contributed by atoms with Crippen LogP contribution in [0.15, 0.2) is 30.3 Å². The van der Waals surface area contributed by atoms with Crippen molar-refractivity contribution in [2.75, 3.05) is 14.2 Å². The molecule has 0 radical (unpaired) electrons. The first kappa shape index (κ1) is 19.9. The number of hydrogen-bond acceptors (Lipinski definition) is 4. The Morgan fingerprint density at radius 3 is 2.68 bits per heavy atom. The second-order valence-corrected chi connectivity index (χ2v) is 8.32. The highest BCUT2D eigenvalue weighted by atomic mass is 35.5. The number of halogens is 2. The van der Waals surface area contributed by atoms with Crippen LogP contribution >= 0.6 is 11.6 Å². The first-order valence-electron chi connectivity index (χ1n) is 10.0. The summed E-state index contributed by atoms with van der Waals surface area (Å²) in [4.78, 5) is 16.9. The highest BCUT2D eigenvalue weighted by molar-refractivity contribution is 6.31. The van der Waals surface area contributed by atoms with Crippen molar-refractivity contribution in [3.8, 4) is 17.3 Å². The number of benzene rings is 2. The first-order valence-corrected chi connectivity index (χ1v) is 10.4. The van der Waals surface area contributed by atoms with E-state index in [1.54, 1.807) is 25.3 Å². The maximum Gasteiger partial charge on any atom is 0.338 e. The number of fused-ring (bicyclic) bond motifs is 2. The summed E-state index contributed by atoms with van der Waals surface area (Å²) in [5.41, 5.74) is 2.98. The molecule has 0 atom stereocenters. The van der Waals surface area contributed by atoms with Crippen LogP contribution in [0.4, 0.5) is 4.39 Å². The van der Waals surface area contributed by atoms with E-state index in [0.717, 1.165) is 29.4 Å². The summed E-state index contributed by atoms with van der Waals surface area (Å²) in [6.07, 6.45) is 2.25. The number of aryl methyl sites for hydroxylation is 1. The van der Waals surface area contributed by atoms with Crippen LogP contribution in [0.25, 0.3) is 33.5 Å². The molecule has 0 amide bonds. The van der Waals surface area contributed by atoms with Gasteiger partial charge in [0.2, 0.25) is 0 Å². The van der Waals surface area contributed by atoms with Gasteiger partial charge in [0.25, 0.3) is 0 Å². The summed E-state index contributed by atoms with van der Waals surface area (Å²) >= 11 is 6.09. The number of aromatic nitrogens is 3. The maximum atomic E-state index is 15.0. The van der Waals surface area contributed by atoms with E-state index in [2.05, 4.69) is 0 Å². The Bertz CT molecular complexity index is 1350. The zero-order chi connectivity index (χ0) is 21.9. The van der Waals surface area contributed by atoms with Gasteiger partial charge in [0.05, 0.1) is 41.5 Å². The van der Waals surface area contributed by atoms with Crippen LogP contribution in [0.5, 0.6) is 5.75 Å². The second kappa shape index (κ2) is 7.27. The number of nitrogens with zero attached hydrogens (tertiary/aromatic N) is 3. The lowest BCUT2D eigenvalue weighted by atomic mass is 10.2. The van der Waals surface area contributed by atoms with E-state index < -0.39 is 11.8 Å². The average Bonchev–Trinajstić information content (AvgIpc) is 3.43. The minimum atomic E-state index is -0.466. The van der Waals surface area contributed by atoms with E-state index in [1.165, 1.54) is 7.11 Å². The topological polar surface area (TPSA) is 58.3 Å². The Kier molecular flexibility index (Phi) is 4.66. The van der Waals surface area contributed by atoms with E-state index in [0.29, 0.717) is 40.6 Å². The summed E-state index contributed by atoms with van der Waals surface area (Å²) in [5, 5.41) is 0.871. The number of rotatable bonds is 5. The van der Waals surface area contributed by atoms with Crippen molar-refractivity contribution in [2.24, 2.45) is 13.0 Å². The monoisotopic (exact) mass is 441 g/mol. The Morgan fingerprint density at radius 2 is 2.00 bits per heavy atom. The first-order chi connectivity index (χ1) is 14.9. The van der Waals surface area contributed by atoms with Crippen LogP contribution in [0.1, 0.15) is 23.2 Å². The molecule has 1 aliphatic rings. The van der Waals surface area contributed by atoms with Crippen molar-refractivity contribution in [1.82, 2.24) is 14.1 Å². The van der Waals surface area contributed by atoms with Crippen molar-refractivity contribution >= 4 is 39.5 Å². The lowest BCUT2D eigenvalue weighted by Crippen LogP contribution is -2.06. The molecule has 6 nitrogen and oxygen atoms in total. The fourth-order valence-corrected chi connectivity index (χ4v) is 4.31. The molecule has 2 aromatic heterocycles. The number of carbonyl (C=O) groups is 1. The Hall–Kier alpha value is -3.06. The molecule has 0 spiro atoms. The normalized spacial score (nSPS) is 13.8. The fraction of sp³-hybridized carbons (Fsp3) is 0.304. The maximum absolute atomic E-state index is 15.0.